The van der Waals surface area contributed by atoms with Gasteiger partial charge in [-0.2, -0.15) is 0 Å². The highest BCUT2D eigenvalue weighted by Gasteiger charge is 2.21. The molecule has 2 aliphatic rings. The minimum atomic E-state index is 0. The Morgan fingerprint density at radius 2 is 2.14 bits per heavy atom. The summed E-state index contributed by atoms with van der Waals surface area (Å²) in [6.45, 7) is 9.24. The number of hydrogen-bond acceptors (Lipinski definition) is 4. The van der Waals surface area contributed by atoms with Gasteiger partial charge in [-0.05, 0) is 44.7 Å². The van der Waals surface area contributed by atoms with Crippen molar-refractivity contribution in [3.63, 3.8) is 0 Å². The van der Waals surface area contributed by atoms with Crippen molar-refractivity contribution in [2.45, 2.75) is 38.6 Å². The second kappa shape index (κ2) is 14.0. The number of halogens is 1. The lowest BCUT2D eigenvalue weighted by Gasteiger charge is -2.35. The summed E-state index contributed by atoms with van der Waals surface area (Å²) in [6, 6.07) is 11.1. The number of hydrogen-bond donors (Lipinski definition) is 2. The van der Waals surface area contributed by atoms with Gasteiger partial charge in [0, 0.05) is 57.0 Å². The number of ether oxygens (including phenoxy) is 2. The number of guanidine groups is 1. The van der Waals surface area contributed by atoms with Crippen molar-refractivity contribution in [2.24, 2.45) is 10.9 Å². The topological polar surface area (TPSA) is 58.1 Å². The van der Waals surface area contributed by atoms with Gasteiger partial charge in [-0.15, -0.1) is 24.0 Å². The van der Waals surface area contributed by atoms with Crippen molar-refractivity contribution in [1.82, 2.24) is 10.6 Å². The van der Waals surface area contributed by atoms with Gasteiger partial charge in [0.15, 0.2) is 5.96 Å². The molecular weight excluding hydrogens is 479 g/mol. The summed E-state index contributed by atoms with van der Waals surface area (Å²) in [5.74, 6) is 1.51. The molecule has 2 saturated heterocycles. The number of piperidine rings is 1. The van der Waals surface area contributed by atoms with Crippen LogP contribution < -0.4 is 15.5 Å². The molecule has 0 spiro atoms. The first-order valence-corrected chi connectivity index (χ1v) is 10.9. The Hall–Kier alpha value is -1.06. The van der Waals surface area contributed by atoms with Crippen molar-refractivity contribution in [3.8, 4) is 0 Å². The van der Waals surface area contributed by atoms with E-state index in [-0.39, 0.29) is 24.0 Å². The van der Waals surface area contributed by atoms with E-state index in [0.717, 1.165) is 71.4 Å². The van der Waals surface area contributed by atoms with E-state index >= 15 is 0 Å². The second-order valence-electron chi connectivity index (χ2n) is 7.68. The fourth-order valence-electron chi connectivity index (χ4n) is 3.80. The second-order valence-corrected chi connectivity index (χ2v) is 7.68. The zero-order valence-electron chi connectivity index (χ0n) is 17.6. The Bertz CT molecular complexity index is 581. The molecule has 3 rings (SSSR count). The molecule has 2 atom stereocenters. The predicted octanol–water partition coefficient (Wildman–Crippen LogP) is 3.27. The lowest BCUT2D eigenvalue weighted by molar-refractivity contribution is 0.0893. The van der Waals surface area contributed by atoms with E-state index in [4.69, 9.17) is 14.5 Å². The lowest BCUT2D eigenvalue weighted by Crippen LogP contribution is -2.51. The monoisotopic (exact) mass is 516 g/mol. The van der Waals surface area contributed by atoms with Gasteiger partial charge in [0.05, 0.1) is 13.2 Å². The molecule has 0 bridgehead atoms. The highest BCUT2D eigenvalue weighted by Crippen LogP contribution is 2.19. The van der Waals surface area contributed by atoms with Crippen LogP contribution in [-0.2, 0) is 9.47 Å². The largest absolute Gasteiger partial charge is 0.381 e. The van der Waals surface area contributed by atoms with E-state index in [9.17, 15) is 0 Å². The van der Waals surface area contributed by atoms with Crippen LogP contribution in [0.15, 0.2) is 35.3 Å². The van der Waals surface area contributed by atoms with E-state index in [2.05, 4.69) is 52.8 Å². The smallest absolute Gasteiger partial charge is 0.191 e. The maximum absolute atomic E-state index is 5.78. The molecule has 0 amide bonds. The molecule has 2 aliphatic heterocycles. The molecule has 0 aliphatic carbocycles. The Morgan fingerprint density at radius 1 is 1.28 bits per heavy atom. The van der Waals surface area contributed by atoms with Gasteiger partial charge >= 0.3 is 0 Å². The van der Waals surface area contributed by atoms with Gasteiger partial charge in [-0.1, -0.05) is 18.2 Å². The molecule has 7 heteroatoms. The fourth-order valence-corrected chi connectivity index (χ4v) is 3.80. The van der Waals surface area contributed by atoms with Crippen LogP contribution in [0.5, 0.6) is 0 Å². The van der Waals surface area contributed by atoms with Crippen molar-refractivity contribution in [1.29, 1.82) is 0 Å². The molecule has 0 radical (unpaired) electrons. The third kappa shape index (κ3) is 8.68. The first-order valence-electron chi connectivity index (χ1n) is 10.9. The zero-order valence-corrected chi connectivity index (χ0v) is 20.0. The Morgan fingerprint density at radius 3 is 2.90 bits per heavy atom. The maximum Gasteiger partial charge on any atom is 0.191 e. The number of benzene rings is 1. The van der Waals surface area contributed by atoms with Gasteiger partial charge in [0.1, 0.15) is 0 Å². The Balaban J connectivity index is 0.00000300. The van der Waals surface area contributed by atoms with Gasteiger partial charge in [0.2, 0.25) is 0 Å². The van der Waals surface area contributed by atoms with Crippen LogP contribution >= 0.6 is 24.0 Å². The minimum Gasteiger partial charge on any atom is -0.381 e. The van der Waals surface area contributed by atoms with Crippen molar-refractivity contribution in [2.75, 3.05) is 57.5 Å². The SMILES string of the molecule is CCNC(=NCCCOCC1CCOC1)NC1CCCN(c2ccccc2)C1.I. The Kier molecular flexibility index (Phi) is 11.7. The summed E-state index contributed by atoms with van der Waals surface area (Å²) in [7, 11) is 0. The molecule has 1 aromatic carbocycles. The van der Waals surface area contributed by atoms with E-state index in [1.807, 2.05) is 0 Å². The first kappa shape index (κ1) is 24.2. The zero-order chi connectivity index (χ0) is 19.4. The third-order valence-electron chi connectivity index (χ3n) is 5.32. The number of aliphatic imine (C=N–C) groups is 1. The standard InChI is InChI=1S/C22H36N4O2.HI/c1-2-23-22(24-12-7-14-27-17-19-11-15-28-18-19)25-20-8-6-13-26(16-20)21-9-4-3-5-10-21;/h3-5,9-10,19-20H,2,6-8,11-18H2,1H3,(H2,23,24,25);1H. The lowest BCUT2D eigenvalue weighted by atomic mass is 10.1. The number of rotatable bonds is 9. The quantitative estimate of drug-likeness (QED) is 0.229. The van der Waals surface area contributed by atoms with Crippen LogP contribution in [-0.4, -0.2) is 64.6 Å². The van der Waals surface area contributed by atoms with E-state index in [1.54, 1.807) is 0 Å². The average Bonchev–Trinajstić information content (AvgIpc) is 3.25. The molecule has 29 heavy (non-hydrogen) atoms. The van der Waals surface area contributed by atoms with Gasteiger partial charge < -0.3 is 25.0 Å². The number of nitrogens with zero attached hydrogens (tertiary/aromatic N) is 2. The van der Waals surface area contributed by atoms with Crippen molar-refractivity contribution < 1.29 is 9.47 Å². The molecule has 2 unspecified atom stereocenters. The summed E-state index contributed by atoms with van der Waals surface area (Å²) in [6.07, 6.45) is 4.46. The highest BCUT2D eigenvalue weighted by molar-refractivity contribution is 14.0. The third-order valence-corrected chi connectivity index (χ3v) is 5.32. The molecule has 0 saturated carbocycles. The van der Waals surface area contributed by atoms with Crippen LogP contribution in [0.1, 0.15) is 32.6 Å². The maximum atomic E-state index is 5.78. The van der Waals surface area contributed by atoms with Crippen LogP contribution in [0, 0.1) is 5.92 Å². The van der Waals surface area contributed by atoms with Crippen molar-refractivity contribution in [3.05, 3.63) is 30.3 Å². The molecule has 2 fully saturated rings. The summed E-state index contributed by atoms with van der Waals surface area (Å²) < 4.78 is 11.2. The molecule has 2 heterocycles. The predicted molar refractivity (Wildman–Crippen MR) is 131 cm³/mol. The average molecular weight is 516 g/mol. The Labute approximate surface area is 192 Å². The molecule has 2 N–H and O–H groups in total. The summed E-state index contributed by atoms with van der Waals surface area (Å²) in [5, 5.41) is 7.02. The van der Waals surface area contributed by atoms with Crippen LogP contribution in [0.3, 0.4) is 0 Å². The van der Waals surface area contributed by atoms with E-state index in [1.165, 1.54) is 18.5 Å². The summed E-state index contributed by atoms with van der Waals surface area (Å²) >= 11 is 0. The van der Waals surface area contributed by atoms with Gasteiger partial charge in [-0.25, -0.2) is 0 Å². The minimum absolute atomic E-state index is 0. The molecule has 1 aromatic rings. The number of para-hydroxylation sites is 1. The number of anilines is 1. The normalized spacial score (nSPS) is 22.2. The van der Waals surface area contributed by atoms with Crippen LogP contribution in [0.2, 0.25) is 0 Å². The molecule has 0 aromatic heterocycles. The van der Waals surface area contributed by atoms with Gasteiger partial charge in [-0.3, -0.25) is 4.99 Å². The first-order chi connectivity index (χ1) is 13.8. The number of nitrogens with one attached hydrogen (secondary N) is 2. The molecular formula is C22H37IN4O2. The van der Waals surface area contributed by atoms with Gasteiger partial charge in [0.25, 0.3) is 0 Å². The highest BCUT2D eigenvalue weighted by atomic mass is 127. The van der Waals surface area contributed by atoms with Crippen LogP contribution in [0.4, 0.5) is 5.69 Å². The van der Waals surface area contributed by atoms with E-state index in [0.29, 0.717) is 12.0 Å². The van der Waals surface area contributed by atoms with Crippen molar-refractivity contribution >= 4 is 35.6 Å². The van der Waals surface area contributed by atoms with E-state index < -0.39 is 0 Å². The molecule has 6 nitrogen and oxygen atoms in total. The molecule has 164 valence electrons. The summed E-state index contributed by atoms with van der Waals surface area (Å²) in [5.41, 5.74) is 1.31. The van der Waals surface area contributed by atoms with Crippen LogP contribution in [0.25, 0.3) is 0 Å². The summed E-state index contributed by atoms with van der Waals surface area (Å²) in [4.78, 5) is 7.21. The fraction of sp³-hybridized carbons (Fsp3) is 0.682.